The highest BCUT2D eigenvalue weighted by Gasteiger charge is 2.23. The quantitative estimate of drug-likeness (QED) is 0.217. The molecule has 38 heavy (non-hydrogen) atoms. The lowest BCUT2D eigenvalue weighted by atomic mass is 9.88. The van der Waals surface area contributed by atoms with Crippen LogP contribution in [0.15, 0.2) is 85.1 Å². The number of aromatic nitrogens is 1. The van der Waals surface area contributed by atoms with Crippen LogP contribution in [0.2, 0.25) is 10.2 Å². The van der Waals surface area contributed by atoms with Gasteiger partial charge in [0.15, 0.2) is 0 Å². The van der Waals surface area contributed by atoms with E-state index in [1.54, 1.807) is 12.3 Å². The first kappa shape index (κ1) is 26.1. The van der Waals surface area contributed by atoms with Gasteiger partial charge in [-0.25, -0.2) is 4.98 Å². The summed E-state index contributed by atoms with van der Waals surface area (Å²) in [5, 5.41) is 13.9. The monoisotopic (exact) mass is 541 g/mol. The largest absolute Gasteiger partial charge is 0.508 e. The maximum Gasteiger partial charge on any atom is 0.147 e. The fraction of sp³-hybridized carbons (Fsp3) is 0.182. The van der Waals surface area contributed by atoms with Gasteiger partial charge in [0.1, 0.15) is 22.4 Å². The number of pyridine rings is 1. The third-order valence-electron chi connectivity index (χ3n) is 6.79. The third kappa shape index (κ3) is 4.84. The van der Waals surface area contributed by atoms with Gasteiger partial charge < -0.3 is 9.84 Å². The number of nitrogens with zero attached hydrogens (tertiary/aromatic N) is 1. The summed E-state index contributed by atoms with van der Waals surface area (Å²) in [6.07, 6.45) is 1.73. The fourth-order valence-electron chi connectivity index (χ4n) is 5.15. The number of ether oxygens (including phenoxy) is 1. The third-order valence-corrected chi connectivity index (χ3v) is 7.48. The van der Waals surface area contributed by atoms with Crippen molar-refractivity contribution in [1.82, 2.24) is 4.98 Å². The first-order valence-corrected chi connectivity index (χ1v) is 13.5. The van der Waals surface area contributed by atoms with E-state index in [1.165, 1.54) is 0 Å². The molecule has 1 aromatic heterocycles. The van der Waals surface area contributed by atoms with E-state index in [-0.39, 0.29) is 22.7 Å². The van der Waals surface area contributed by atoms with E-state index in [1.807, 2.05) is 48.5 Å². The topological polar surface area (TPSA) is 42.4 Å². The fourth-order valence-corrected chi connectivity index (χ4v) is 5.42. The maximum absolute atomic E-state index is 11.0. The molecule has 3 nitrogen and oxygen atoms in total. The van der Waals surface area contributed by atoms with Crippen LogP contribution in [0.5, 0.6) is 17.2 Å². The second-order valence-electron chi connectivity index (χ2n) is 10.0. The SMILES string of the molecule is CC(C)c1c(Oc2ccc(O)c(C(C)C)c2-c2cccc3ccccc23)cccc1-c1cnc(Cl)c(Cl)c1. The number of phenolic OH excluding ortho intramolecular Hbond substituents is 1. The normalized spacial score (nSPS) is 11.5. The molecule has 192 valence electrons. The molecule has 4 aromatic carbocycles. The van der Waals surface area contributed by atoms with Crippen molar-refractivity contribution in [1.29, 1.82) is 0 Å². The average Bonchev–Trinajstić information content (AvgIpc) is 2.90. The summed E-state index contributed by atoms with van der Waals surface area (Å²) < 4.78 is 6.78. The maximum atomic E-state index is 11.0. The Morgan fingerprint density at radius 2 is 1.42 bits per heavy atom. The van der Waals surface area contributed by atoms with Gasteiger partial charge in [-0.05, 0) is 58.0 Å². The summed E-state index contributed by atoms with van der Waals surface area (Å²) in [6, 6.07) is 25.9. The highest BCUT2D eigenvalue weighted by atomic mass is 35.5. The summed E-state index contributed by atoms with van der Waals surface area (Å²) in [5.74, 6) is 1.92. The zero-order valence-electron chi connectivity index (χ0n) is 21.8. The van der Waals surface area contributed by atoms with Crippen LogP contribution >= 0.6 is 23.2 Å². The van der Waals surface area contributed by atoms with Crippen LogP contribution in [-0.2, 0) is 0 Å². The predicted molar refractivity (Wildman–Crippen MR) is 159 cm³/mol. The Morgan fingerprint density at radius 3 is 2.16 bits per heavy atom. The molecular weight excluding hydrogens is 513 g/mol. The lowest BCUT2D eigenvalue weighted by molar-refractivity contribution is 0.453. The van der Waals surface area contributed by atoms with E-state index in [9.17, 15) is 5.11 Å². The lowest BCUT2D eigenvalue weighted by Gasteiger charge is -2.23. The van der Waals surface area contributed by atoms with Crippen molar-refractivity contribution in [2.75, 3.05) is 0 Å². The number of halogens is 2. The summed E-state index contributed by atoms with van der Waals surface area (Å²) in [5.41, 5.74) is 5.67. The molecule has 0 fully saturated rings. The molecule has 0 saturated carbocycles. The Hall–Kier alpha value is -3.53. The average molecular weight is 543 g/mol. The van der Waals surface area contributed by atoms with Crippen molar-refractivity contribution in [2.24, 2.45) is 0 Å². The molecule has 0 aliphatic rings. The zero-order valence-corrected chi connectivity index (χ0v) is 23.3. The van der Waals surface area contributed by atoms with Gasteiger partial charge in [0, 0.05) is 28.5 Å². The Balaban J connectivity index is 1.73. The van der Waals surface area contributed by atoms with Crippen molar-refractivity contribution in [3.8, 4) is 39.5 Å². The van der Waals surface area contributed by atoms with Crippen LogP contribution < -0.4 is 4.74 Å². The van der Waals surface area contributed by atoms with Gasteiger partial charge in [-0.15, -0.1) is 0 Å². The van der Waals surface area contributed by atoms with Crippen LogP contribution in [-0.4, -0.2) is 10.1 Å². The Bertz CT molecular complexity index is 1640. The van der Waals surface area contributed by atoms with Crippen LogP contribution in [0.4, 0.5) is 0 Å². The van der Waals surface area contributed by atoms with Gasteiger partial charge in [0.05, 0.1) is 5.02 Å². The van der Waals surface area contributed by atoms with Gasteiger partial charge in [-0.2, -0.15) is 0 Å². The zero-order chi connectivity index (χ0) is 27.0. The Morgan fingerprint density at radius 1 is 0.737 bits per heavy atom. The molecule has 1 N–H and O–H groups in total. The highest BCUT2D eigenvalue weighted by molar-refractivity contribution is 6.41. The number of benzene rings is 4. The van der Waals surface area contributed by atoms with Gasteiger partial charge >= 0.3 is 0 Å². The molecule has 0 radical (unpaired) electrons. The number of aromatic hydroxyl groups is 1. The molecule has 5 aromatic rings. The van der Waals surface area contributed by atoms with Crippen molar-refractivity contribution >= 4 is 34.0 Å². The minimum atomic E-state index is 0.0747. The molecule has 1 heterocycles. The summed E-state index contributed by atoms with van der Waals surface area (Å²) in [6.45, 7) is 8.45. The van der Waals surface area contributed by atoms with Gasteiger partial charge in [0.2, 0.25) is 0 Å². The van der Waals surface area contributed by atoms with E-state index >= 15 is 0 Å². The molecule has 0 aliphatic carbocycles. The van der Waals surface area contributed by atoms with E-state index in [2.05, 4.69) is 56.9 Å². The van der Waals surface area contributed by atoms with Crippen LogP contribution in [0.25, 0.3) is 33.0 Å². The first-order valence-electron chi connectivity index (χ1n) is 12.7. The van der Waals surface area contributed by atoms with Crippen molar-refractivity contribution in [3.05, 3.63) is 106 Å². The summed E-state index contributed by atoms with van der Waals surface area (Å²) in [4.78, 5) is 4.26. The minimum Gasteiger partial charge on any atom is -0.508 e. The molecule has 0 aliphatic heterocycles. The Labute approximate surface area is 233 Å². The molecular formula is C33H29Cl2NO2. The number of hydrogen-bond donors (Lipinski definition) is 1. The second-order valence-corrected chi connectivity index (χ2v) is 10.8. The van der Waals surface area contributed by atoms with Crippen molar-refractivity contribution in [2.45, 2.75) is 39.5 Å². The molecule has 0 atom stereocenters. The van der Waals surface area contributed by atoms with E-state index in [0.29, 0.717) is 10.8 Å². The molecule has 0 amide bonds. The van der Waals surface area contributed by atoms with Gasteiger partial charge in [0.25, 0.3) is 0 Å². The molecule has 0 spiro atoms. The second kappa shape index (κ2) is 10.7. The summed E-state index contributed by atoms with van der Waals surface area (Å²) >= 11 is 12.4. The number of phenols is 1. The molecule has 5 heteroatoms. The number of rotatable bonds is 6. The van der Waals surface area contributed by atoms with E-state index < -0.39 is 0 Å². The van der Waals surface area contributed by atoms with Crippen LogP contribution in [0, 0.1) is 0 Å². The number of fused-ring (bicyclic) bond motifs is 1. The van der Waals surface area contributed by atoms with Crippen LogP contribution in [0.1, 0.15) is 50.7 Å². The first-order chi connectivity index (χ1) is 18.3. The molecule has 0 unspecified atom stereocenters. The number of hydrogen-bond acceptors (Lipinski definition) is 3. The smallest absolute Gasteiger partial charge is 0.147 e. The van der Waals surface area contributed by atoms with Gasteiger partial charge in [-0.1, -0.05) is 105 Å². The molecule has 5 rings (SSSR count). The Kier molecular flexibility index (Phi) is 7.34. The standard InChI is InChI=1S/C33H29Cl2NO2/c1-19(2)30-24(22-17-26(34)33(35)36-18-22)12-8-14-28(30)38-29-16-15-27(37)31(20(3)4)32(29)25-13-7-10-21-9-5-6-11-23(21)25/h5-20,37H,1-4H3. The van der Waals surface area contributed by atoms with Crippen LogP contribution in [0.3, 0.4) is 0 Å². The van der Waals surface area contributed by atoms with Crippen molar-refractivity contribution < 1.29 is 9.84 Å². The minimum absolute atomic E-state index is 0.0747. The van der Waals surface area contributed by atoms with Gasteiger partial charge in [-0.3, -0.25) is 0 Å². The van der Waals surface area contributed by atoms with E-state index in [0.717, 1.165) is 49.9 Å². The highest BCUT2D eigenvalue weighted by Crippen LogP contribution is 2.47. The van der Waals surface area contributed by atoms with Crippen molar-refractivity contribution in [3.63, 3.8) is 0 Å². The molecule has 0 bridgehead atoms. The van der Waals surface area contributed by atoms with E-state index in [4.69, 9.17) is 27.9 Å². The lowest BCUT2D eigenvalue weighted by Crippen LogP contribution is -2.01. The predicted octanol–water partition coefficient (Wildman–Crippen LogP) is 10.6. The molecule has 0 saturated heterocycles. The summed E-state index contributed by atoms with van der Waals surface area (Å²) in [7, 11) is 0.